The summed E-state index contributed by atoms with van der Waals surface area (Å²) < 4.78 is 1.18. The zero-order chi connectivity index (χ0) is 12.3. The van der Waals surface area contributed by atoms with Gasteiger partial charge in [0.1, 0.15) is 6.54 Å². The molecular formula is C8H8N6O3. The van der Waals surface area contributed by atoms with Crippen molar-refractivity contribution in [3.05, 3.63) is 34.8 Å². The molecule has 0 saturated heterocycles. The van der Waals surface area contributed by atoms with E-state index in [1.807, 2.05) is 0 Å². The molecule has 0 aliphatic rings. The number of H-pyrrole nitrogens is 1. The molecule has 0 unspecified atom stereocenters. The minimum absolute atomic E-state index is 0.117. The minimum Gasteiger partial charge on any atom is -0.358 e. The molecule has 17 heavy (non-hydrogen) atoms. The summed E-state index contributed by atoms with van der Waals surface area (Å²) in [5.41, 5.74) is 0. The lowest BCUT2D eigenvalue weighted by molar-refractivity contribution is -0.389. The van der Waals surface area contributed by atoms with E-state index >= 15 is 0 Å². The SMILES string of the molecule is O=C(Cn1ccc([N+](=O)[O-])n1)Nc1ncc[nH]1. The second kappa shape index (κ2) is 4.43. The van der Waals surface area contributed by atoms with E-state index in [4.69, 9.17) is 0 Å². The third-order valence-corrected chi connectivity index (χ3v) is 1.88. The number of imidazole rings is 1. The molecule has 0 bridgehead atoms. The van der Waals surface area contributed by atoms with Crippen molar-refractivity contribution < 1.29 is 9.72 Å². The van der Waals surface area contributed by atoms with Gasteiger partial charge in [-0.2, -0.15) is 4.68 Å². The zero-order valence-electron chi connectivity index (χ0n) is 8.53. The highest BCUT2D eigenvalue weighted by Crippen LogP contribution is 2.05. The smallest absolute Gasteiger partial charge is 0.358 e. The van der Waals surface area contributed by atoms with E-state index in [-0.39, 0.29) is 18.3 Å². The maximum Gasteiger partial charge on any atom is 0.389 e. The molecule has 2 rings (SSSR count). The molecule has 0 fully saturated rings. The molecule has 0 aromatic carbocycles. The summed E-state index contributed by atoms with van der Waals surface area (Å²) in [6, 6.07) is 1.22. The quantitative estimate of drug-likeness (QED) is 0.578. The normalized spacial score (nSPS) is 10.1. The van der Waals surface area contributed by atoms with Crippen molar-refractivity contribution in [1.29, 1.82) is 0 Å². The lowest BCUT2D eigenvalue weighted by atomic mass is 10.6. The molecule has 9 heteroatoms. The highest BCUT2D eigenvalue weighted by atomic mass is 16.6. The Balaban J connectivity index is 1.96. The summed E-state index contributed by atoms with van der Waals surface area (Å²) in [6.45, 7) is -0.117. The van der Waals surface area contributed by atoms with Crippen molar-refractivity contribution in [2.45, 2.75) is 6.54 Å². The van der Waals surface area contributed by atoms with Gasteiger partial charge in [0, 0.05) is 12.4 Å². The number of nitrogens with zero attached hydrogens (tertiary/aromatic N) is 4. The molecule has 88 valence electrons. The highest BCUT2D eigenvalue weighted by Gasteiger charge is 2.13. The average molecular weight is 236 g/mol. The number of carbonyl (C=O) groups is 1. The summed E-state index contributed by atoms with van der Waals surface area (Å²) in [7, 11) is 0. The highest BCUT2D eigenvalue weighted by molar-refractivity contribution is 5.88. The van der Waals surface area contributed by atoms with Crippen LogP contribution in [0.4, 0.5) is 11.8 Å². The van der Waals surface area contributed by atoms with Crippen LogP contribution in [0.2, 0.25) is 0 Å². The van der Waals surface area contributed by atoms with Gasteiger partial charge in [-0.25, -0.2) is 4.98 Å². The van der Waals surface area contributed by atoms with Gasteiger partial charge in [0.2, 0.25) is 11.9 Å². The molecule has 0 saturated carbocycles. The monoisotopic (exact) mass is 236 g/mol. The summed E-state index contributed by atoms with van der Waals surface area (Å²) in [5, 5.41) is 16.4. The van der Waals surface area contributed by atoms with Gasteiger partial charge in [0.25, 0.3) is 0 Å². The van der Waals surface area contributed by atoms with Crippen molar-refractivity contribution in [2.24, 2.45) is 0 Å². The Hall–Kier alpha value is -2.71. The van der Waals surface area contributed by atoms with Crippen molar-refractivity contribution >= 4 is 17.7 Å². The van der Waals surface area contributed by atoms with Crippen molar-refractivity contribution in [3.63, 3.8) is 0 Å². The Morgan fingerprint density at radius 2 is 2.47 bits per heavy atom. The van der Waals surface area contributed by atoms with Gasteiger partial charge in [-0.1, -0.05) is 0 Å². The first-order valence-electron chi connectivity index (χ1n) is 4.62. The molecule has 2 heterocycles. The molecule has 2 N–H and O–H groups in total. The molecule has 0 aliphatic carbocycles. The molecule has 2 aromatic heterocycles. The molecule has 0 aliphatic heterocycles. The summed E-state index contributed by atoms with van der Waals surface area (Å²) >= 11 is 0. The van der Waals surface area contributed by atoms with Crippen LogP contribution in [0, 0.1) is 10.1 Å². The molecule has 9 nitrogen and oxygen atoms in total. The fraction of sp³-hybridized carbons (Fsp3) is 0.125. The lowest BCUT2D eigenvalue weighted by Gasteiger charge is -1.98. The molecule has 2 aromatic rings. The Kier molecular flexibility index (Phi) is 2.81. The van der Waals surface area contributed by atoms with E-state index in [9.17, 15) is 14.9 Å². The third-order valence-electron chi connectivity index (χ3n) is 1.88. The topological polar surface area (TPSA) is 119 Å². The Morgan fingerprint density at radius 1 is 1.65 bits per heavy atom. The van der Waals surface area contributed by atoms with Gasteiger partial charge in [0.15, 0.2) is 0 Å². The maximum absolute atomic E-state index is 11.5. The second-order valence-corrected chi connectivity index (χ2v) is 3.11. The summed E-state index contributed by atoms with van der Waals surface area (Å²) in [4.78, 5) is 27.7. The van der Waals surface area contributed by atoms with E-state index in [0.29, 0.717) is 5.95 Å². The fourth-order valence-corrected chi connectivity index (χ4v) is 1.19. The van der Waals surface area contributed by atoms with Crippen LogP contribution in [0.3, 0.4) is 0 Å². The number of carbonyl (C=O) groups excluding carboxylic acids is 1. The number of hydrogen-bond donors (Lipinski definition) is 2. The van der Waals surface area contributed by atoms with Gasteiger partial charge < -0.3 is 15.1 Å². The summed E-state index contributed by atoms with van der Waals surface area (Å²) in [6.07, 6.45) is 4.42. The van der Waals surface area contributed by atoms with Crippen LogP contribution in [-0.4, -0.2) is 30.6 Å². The van der Waals surface area contributed by atoms with Gasteiger partial charge in [-0.15, -0.1) is 0 Å². The first-order chi connectivity index (χ1) is 8.15. The molecular weight excluding hydrogens is 228 g/mol. The van der Waals surface area contributed by atoms with Crippen LogP contribution >= 0.6 is 0 Å². The Labute approximate surface area is 94.6 Å². The first-order valence-corrected chi connectivity index (χ1v) is 4.62. The zero-order valence-corrected chi connectivity index (χ0v) is 8.53. The summed E-state index contributed by atoms with van der Waals surface area (Å²) in [5.74, 6) is -0.356. The number of nitrogens with one attached hydrogen (secondary N) is 2. The van der Waals surface area contributed by atoms with Gasteiger partial charge in [0.05, 0.1) is 17.4 Å². The van der Waals surface area contributed by atoms with Crippen LogP contribution in [0.25, 0.3) is 0 Å². The lowest BCUT2D eigenvalue weighted by Crippen LogP contribution is -2.19. The van der Waals surface area contributed by atoms with Crippen molar-refractivity contribution in [1.82, 2.24) is 19.7 Å². The maximum atomic E-state index is 11.5. The predicted octanol–water partition coefficient (Wildman–Crippen LogP) is 0.153. The molecule has 0 spiro atoms. The average Bonchev–Trinajstić information content (AvgIpc) is 2.88. The van der Waals surface area contributed by atoms with E-state index < -0.39 is 4.92 Å². The number of rotatable bonds is 4. The standard InChI is InChI=1S/C8H8N6O3/c15-7(11-8-9-2-3-10-8)5-13-4-1-6(12-13)14(16)17/h1-4H,5H2,(H2,9,10,11,15). The number of hydrogen-bond acceptors (Lipinski definition) is 5. The van der Waals surface area contributed by atoms with Gasteiger partial charge in [-0.3, -0.25) is 10.1 Å². The van der Waals surface area contributed by atoms with E-state index in [1.54, 1.807) is 6.20 Å². The van der Waals surface area contributed by atoms with Crippen LogP contribution in [0.1, 0.15) is 0 Å². The number of nitro groups is 1. The predicted molar refractivity (Wildman–Crippen MR) is 56.1 cm³/mol. The van der Waals surface area contributed by atoms with Gasteiger partial charge >= 0.3 is 5.82 Å². The third kappa shape index (κ3) is 2.65. The van der Waals surface area contributed by atoms with Crippen LogP contribution in [0.5, 0.6) is 0 Å². The molecule has 0 atom stereocenters. The van der Waals surface area contributed by atoms with E-state index in [2.05, 4.69) is 20.4 Å². The van der Waals surface area contributed by atoms with Crippen LogP contribution < -0.4 is 5.32 Å². The number of amides is 1. The fourth-order valence-electron chi connectivity index (χ4n) is 1.19. The number of aromatic amines is 1. The number of aromatic nitrogens is 4. The van der Waals surface area contributed by atoms with Crippen LogP contribution in [-0.2, 0) is 11.3 Å². The molecule has 1 amide bonds. The second-order valence-electron chi connectivity index (χ2n) is 3.11. The Morgan fingerprint density at radius 3 is 3.06 bits per heavy atom. The number of anilines is 1. The van der Waals surface area contributed by atoms with Crippen LogP contribution in [0.15, 0.2) is 24.7 Å². The van der Waals surface area contributed by atoms with Crippen molar-refractivity contribution in [3.8, 4) is 0 Å². The van der Waals surface area contributed by atoms with E-state index in [1.165, 1.54) is 23.1 Å². The van der Waals surface area contributed by atoms with E-state index in [0.717, 1.165) is 0 Å². The molecule has 0 radical (unpaired) electrons. The van der Waals surface area contributed by atoms with Gasteiger partial charge in [-0.05, 0) is 4.92 Å². The first kappa shape index (κ1) is 10.8. The largest absolute Gasteiger partial charge is 0.389 e. The van der Waals surface area contributed by atoms with Crippen molar-refractivity contribution in [2.75, 3.05) is 5.32 Å². The minimum atomic E-state index is -0.624. The Bertz CT molecular complexity index is 531.